The third kappa shape index (κ3) is 2.27. The van der Waals surface area contributed by atoms with Crippen molar-refractivity contribution in [3.63, 3.8) is 0 Å². The van der Waals surface area contributed by atoms with Gasteiger partial charge in [-0.3, -0.25) is 4.98 Å². The molecule has 3 heterocycles. The minimum atomic E-state index is 0.905. The molecule has 0 bridgehead atoms. The highest BCUT2D eigenvalue weighted by atomic mass is 15.2. The van der Waals surface area contributed by atoms with E-state index in [1.807, 2.05) is 6.20 Å². The average molecular weight is 447 g/mol. The number of aromatic nitrogens is 1. The normalized spacial score (nSPS) is 14.9. The van der Waals surface area contributed by atoms with Gasteiger partial charge in [-0.1, -0.05) is 66.7 Å². The standard InChI is InChI=1S/C33H22N2/c1-4-8-26-19(5-1)13-23-15-24-14-22-11-12-34-30-17-21-9-10-27-25-7-3-2-6-20(25)16-29(27)32(21)35(33(22)30)31(24)18-28(23)26/h1-12,15,18H,13-14,16-17H2. The van der Waals surface area contributed by atoms with Crippen molar-refractivity contribution in [1.82, 2.24) is 4.98 Å². The van der Waals surface area contributed by atoms with Gasteiger partial charge >= 0.3 is 0 Å². The minimum absolute atomic E-state index is 0.905. The Morgan fingerprint density at radius 2 is 1.26 bits per heavy atom. The fourth-order valence-electron chi connectivity index (χ4n) is 7.06. The van der Waals surface area contributed by atoms with Crippen molar-refractivity contribution in [1.29, 1.82) is 0 Å². The van der Waals surface area contributed by atoms with Crippen LogP contribution in [0.2, 0.25) is 0 Å². The van der Waals surface area contributed by atoms with Gasteiger partial charge in [0.1, 0.15) is 0 Å². The molecule has 5 aromatic rings. The number of fused-ring (bicyclic) bond motifs is 11. The van der Waals surface area contributed by atoms with Crippen molar-refractivity contribution in [3.05, 3.63) is 130 Å². The van der Waals surface area contributed by atoms with E-state index in [1.54, 1.807) is 0 Å². The van der Waals surface area contributed by atoms with Gasteiger partial charge < -0.3 is 4.90 Å². The molecule has 0 N–H and O–H groups in total. The topological polar surface area (TPSA) is 16.1 Å². The number of hydrogen-bond acceptors (Lipinski definition) is 2. The second-order valence-corrected chi connectivity index (χ2v) is 10.4. The highest BCUT2D eigenvalue weighted by molar-refractivity contribution is 5.96. The molecule has 9 rings (SSSR count). The minimum Gasteiger partial charge on any atom is -0.307 e. The van der Waals surface area contributed by atoms with Crippen LogP contribution >= 0.6 is 0 Å². The first kappa shape index (κ1) is 18.2. The second-order valence-electron chi connectivity index (χ2n) is 10.4. The Balaban J connectivity index is 1.34. The van der Waals surface area contributed by atoms with Gasteiger partial charge in [0.15, 0.2) is 0 Å². The van der Waals surface area contributed by atoms with Crippen LogP contribution in [0.15, 0.2) is 85.1 Å². The molecule has 0 radical (unpaired) electrons. The molecule has 0 unspecified atom stereocenters. The first-order valence-corrected chi connectivity index (χ1v) is 12.6. The molecule has 0 saturated heterocycles. The van der Waals surface area contributed by atoms with Crippen LogP contribution in [0.3, 0.4) is 0 Å². The molecule has 2 heteroatoms. The maximum Gasteiger partial charge on any atom is 0.0716 e. The summed E-state index contributed by atoms with van der Waals surface area (Å²) in [4.78, 5) is 7.47. The second kappa shape index (κ2) is 6.28. The van der Waals surface area contributed by atoms with Gasteiger partial charge in [-0.25, -0.2) is 0 Å². The Morgan fingerprint density at radius 1 is 0.514 bits per heavy atom. The monoisotopic (exact) mass is 446 g/mol. The number of pyridine rings is 1. The fraction of sp³-hybridized carbons (Fsp3) is 0.121. The number of hydrogen-bond donors (Lipinski definition) is 0. The van der Waals surface area contributed by atoms with E-state index in [1.165, 1.54) is 84.0 Å². The zero-order chi connectivity index (χ0) is 22.7. The highest BCUT2D eigenvalue weighted by Crippen LogP contribution is 2.55. The van der Waals surface area contributed by atoms with E-state index in [2.05, 4.69) is 83.8 Å². The Labute approximate surface area is 204 Å². The lowest BCUT2D eigenvalue weighted by molar-refractivity contribution is 0.952. The highest BCUT2D eigenvalue weighted by Gasteiger charge is 2.37. The van der Waals surface area contributed by atoms with Crippen molar-refractivity contribution < 1.29 is 0 Å². The molecule has 0 saturated carbocycles. The van der Waals surface area contributed by atoms with Gasteiger partial charge in [-0.15, -0.1) is 0 Å². The smallest absolute Gasteiger partial charge is 0.0716 e. The molecule has 2 aliphatic heterocycles. The lowest BCUT2D eigenvalue weighted by Crippen LogP contribution is -2.26. The van der Waals surface area contributed by atoms with E-state index in [0.717, 1.165) is 25.7 Å². The predicted octanol–water partition coefficient (Wildman–Crippen LogP) is 7.50. The fourth-order valence-corrected chi connectivity index (χ4v) is 7.06. The lowest BCUT2D eigenvalue weighted by atomic mass is 9.85. The van der Waals surface area contributed by atoms with Crippen LogP contribution in [-0.4, -0.2) is 4.98 Å². The van der Waals surface area contributed by atoms with Gasteiger partial charge in [0.05, 0.1) is 22.8 Å². The zero-order valence-electron chi connectivity index (χ0n) is 19.3. The molecule has 1 aromatic heterocycles. The van der Waals surface area contributed by atoms with Crippen LogP contribution in [-0.2, 0) is 25.7 Å². The third-order valence-electron chi connectivity index (χ3n) is 8.54. The summed E-state index contributed by atoms with van der Waals surface area (Å²) in [6, 6.07) is 29.7. The molecule has 0 spiro atoms. The van der Waals surface area contributed by atoms with E-state index in [4.69, 9.17) is 4.98 Å². The summed E-state index contributed by atoms with van der Waals surface area (Å²) >= 11 is 0. The molecule has 2 nitrogen and oxygen atoms in total. The summed E-state index contributed by atoms with van der Waals surface area (Å²) in [6.07, 6.45) is 5.93. The summed E-state index contributed by atoms with van der Waals surface area (Å²) in [5.41, 5.74) is 20.9. The van der Waals surface area contributed by atoms with Crippen LogP contribution < -0.4 is 4.90 Å². The number of benzene rings is 4. The molecule has 0 fully saturated rings. The maximum atomic E-state index is 4.88. The third-order valence-corrected chi connectivity index (χ3v) is 8.54. The molecule has 4 aromatic carbocycles. The summed E-state index contributed by atoms with van der Waals surface area (Å²) in [7, 11) is 0. The molecular weight excluding hydrogens is 424 g/mol. The van der Waals surface area contributed by atoms with Gasteiger partial charge in [0, 0.05) is 25.5 Å². The zero-order valence-corrected chi connectivity index (χ0v) is 19.3. The molecule has 2 aliphatic carbocycles. The van der Waals surface area contributed by atoms with E-state index in [0.29, 0.717) is 0 Å². The maximum absolute atomic E-state index is 4.88. The summed E-state index contributed by atoms with van der Waals surface area (Å²) in [5.74, 6) is 0. The van der Waals surface area contributed by atoms with Crippen molar-refractivity contribution in [2.75, 3.05) is 4.90 Å². The van der Waals surface area contributed by atoms with Gasteiger partial charge in [0.2, 0.25) is 0 Å². The van der Waals surface area contributed by atoms with Crippen molar-refractivity contribution in [2.24, 2.45) is 0 Å². The van der Waals surface area contributed by atoms with Crippen molar-refractivity contribution in [2.45, 2.75) is 25.7 Å². The number of anilines is 3. The number of rotatable bonds is 0. The molecule has 35 heavy (non-hydrogen) atoms. The molecule has 0 amide bonds. The number of nitrogens with zero attached hydrogens (tertiary/aromatic N) is 2. The Hall–Kier alpha value is -4.17. The van der Waals surface area contributed by atoms with E-state index >= 15 is 0 Å². The Bertz CT molecular complexity index is 1760. The van der Waals surface area contributed by atoms with Gasteiger partial charge in [-0.05, 0) is 79.8 Å². The van der Waals surface area contributed by atoms with E-state index in [-0.39, 0.29) is 0 Å². The summed E-state index contributed by atoms with van der Waals surface area (Å²) < 4.78 is 0. The molecule has 4 aliphatic rings. The quantitative estimate of drug-likeness (QED) is 0.240. The predicted molar refractivity (Wildman–Crippen MR) is 141 cm³/mol. The first-order valence-electron chi connectivity index (χ1n) is 12.6. The largest absolute Gasteiger partial charge is 0.307 e. The van der Waals surface area contributed by atoms with Crippen molar-refractivity contribution in [3.8, 4) is 22.3 Å². The van der Waals surface area contributed by atoms with Gasteiger partial charge in [0.25, 0.3) is 0 Å². The van der Waals surface area contributed by atoms with Crippen molar-refractivity contribution >= 4 is 17.1 Å². The molecule has 164 valence electrons. The summed E-state index contributed by atoms with van der Waals surface area (Å²) in [5, 5.41) is 0. The average Bonchev–Trinajstić information content (AvgIpc) is 3.45. The van der Waals surface area contributed by atoms with E-state index < -0.39 is 0 Å². The van der Waals surface area contributed by atoms with E-state index in [9.17, 15) is 0 Å². The first-order chi connectivity index (χ1) is 17.3. The van der Waals surface area contributed by atoms with Gasteiger partial charge in [-0.2, -0.15) is 0 Å². The lowest BCUT2D eigenvalue weighted by Gasteiger charge is -2.40. The Kier molecular flexibility index (Phi) is 3.27. The molecular formula is C33H22N2. The van der Waals surface area contributed by atoms with Crippen LogP contribution in [0, 0.1) is 0 Å². The SMILES string of the molecule is c1ccc2c(c1)Cc1cc3c(cc1-2)N1c2c(ccnc2Cc2ccc4c(c21)Cc1ccccc1-4)C3. The van der Waals surface area contributed by atoms with Crippen LogP contribution in [0.5, 0.6) is 0 Å². The summed E-state index contributed by atoms with van der Waals surface area (Å²) in [6.45, 7) is 0. The van der Waals surface area contributed by atoms with Crippen LogP contribution in [0.4, 0.5) is 17.1 Å². The Morgan fingerprint density at radius 3 is 2.14 bits per heavy atom. The van der Waals surface area contributed by atoms with Crippen LogP contribution in [0.25, 0.3) is 22.3 Å². The molecule has 0 atom stereocenters. The van der Waals surface area contributed by atoms with Crippen LogP contribution in [0.1, 0.15) is 44.6 Å².